The molecule has 1 aromatic rings. The second-order valence-corrected chi connectivity index (χ2v) is 7.12. The van der Waals surface area contributed by atoms with E-state index in [1.54, 1.807) is 0 Å². The molecule has 0 atom stereocenters. The molecule has 0 spiro atoms. The summed E-state index contributed by atoms with van der Waals surface area (Å²) in [6.07, 6.45) is 9.62. The van der Waals surface area contributed by atoms with Crippen LogP contribution in [-0.4, -0.2) is 18.2 Å². The van der Waals surface area contributed by atoms with Gasteiger partial charge in [0.1, 0.15) is 5.75 Å². The van der Waals surface area contributed by atoms with Crippen LogP contribution in [-0.2, 0) is 5.41 Å². The number of hydrogen-bond acceptors (Lipinski definition) is 2. The second kappa shape index (κ2) is 7.82. The van der Waals surface area contributed by atoms with Crippen LogP contribution < -0.4 is 5.32 Å². The fourth-order valence-corrected chi connectivity index (χ4v) is 3.21. The van der Waals surface area contributed by atoms with Gasteiger partial charge in [0.2, 0.25) is 0 Å². The van der Waals surface area contributed by atoms with E-state index in [9.17, 15) is 5.11 Å². The molecular weight excluding hydrogens is 270 g/mol. The Hall–Kier alpha value is -1.28. The molecule has 0 amide bonds. The van der Waals surface area contributed by atoms with E-state index in [-0.39, 0.29) is 5.41 Å². The Morgan fingerprint density at radius 2 is 2.00 bits per heavy atom. The third-order valence-electron chi connectivity index (χ3n) is 4.81. The molecule has 0 unspecified atom stereocenters. The summed E-state index contributed by atoms with van der Waals surface area (Å²) in [5.41, 5.74) is 3.58. The molecule has 1 heterocycles. The zero-order valence-corrected chi connectivity index (χ0v) is 14.4. The Bertz CT molecular complexity index is 516. The number of aromatic hydroxyl groups is 1. The van der Waals surface area contributed by atoms with Crippen LogP contribution in [0, 0.1) is 0 Å². The summed E-state index contributed by atoms with van der Waals surface area (Å²) < 4.78 is 0. The number of nitrogens with one attached hydrogen (secondary N) is 1. The third kappa shape index (κ3) is 4.36. The first-order chi connectivity index (χ1) is 10.5. The highest BCUT2D eigenvalue weighted by atomic mass is 16.3. The summed E-state index contributed by atoms with van der Waals surface area (Å²) in [7, 11) is 0. The molecule has 0 bridgehead atoms. The van der Waals surface area contributed by atoms with Crippen molar-refractivity contribution in [1.82, 2.24) is 5.32 Å². The number of unbranched alkanes of at least 4 members (excludes halogenated alkanes) is 3. The van der Waals surface area contributed by atoms with Crippen molar-refractivity contribution >= 4 is 5.57 Å². The van der Waals surface area contributed by atoms with Crippen molar-refractivity contribution in [2.45, 2.75) is 64.7 Å². The summed E-state index contributed by atoms with van der Waals surface area (Å²) in [4.78, 5) is 0. The van der Waals surface area contributed by atoms with Gasteiger partial charge in [-0.3, -0.25) is 0 Å². The Kier molecular flexibility index (Phi) is 6.07. The summed E-state index contributed by atoms with van der Waals surface area (Å²) in [6, 6.07) is 6.27. The maximum absolute atomic E-state index is 10.4. The van der Waals surface area contributed by atoms with E-state index >= 15 is 0 Å². The highest BCUT2D eigenvalue weighted by Gasteiger charge is 2.21. The molecule has 0 saturated heterocycles. The Morgan fingerprint density at radius 1 is 1.18 bits per heavy atom. The molecule has 0 aromatic heterocycles. The first-order valence-corrected chi connectivity index (χ1v) is 8.78. The number of benzene rings is 1. The van der Waals surface area contributed by atoms with Gasteiger partial charge in [0, 0.05) is 12.1 Å². The van der Waals surface area contributed by atoms with Gasteiger partial charge in [0.25, 0.3) is 0 Å². The molecular formula is C20H31NO. The number of phenolic OH excluding ortho intramolecular Hbond substituents is 1. The van der Waals surface area contributed by atoms with Crippen molar-refractivity contribution in [2.75, 3.05) is 13.1 Å². The third-order valence-corrected chi connectivity index (χ3v) is 4.81. The largest absolute Gasteiger partial charge is 0.507 e. The van der Waals surface area contributed by atoms with Crippen LogP contribution in [0.3, 0.4) is 0 Å². The van der Waals surface area contributed by atoms with Crippen LogP contribution >= 0.6 is 0 Å². The van der Waals surface area contributed by atoms with Gasteiger partial charge in [-0.15, -0.1) is 0 Å². The molecule has 2 rings (SSSR count). The fraction of sp³-hybridized carbons (Fsp3) is 0.600. The van der Waals surface area contributed by atoms with Gasteiger partial charge >= 0.3 is 0 Å². The molecule has 0 fully saturated rings. The van der Waals surface area contributed by atoms with Crippen molar-refractivity contribution < 1.29 is 5.11 Å². The molecule has 122 valence electrons. The maximum Gasteiger partial charge on any atom is 0.123 e. The Morgan fingerprint density at radius 3 is 2.64 bits per heavy atom. The lowest BCUT2D eigenvalue weighted by molar-refractivity contribution is 0.437. The van der Waals surface area contributed by atoms with Crippen molar-refractivity contribution in [2.24, 2.45) is 0 Å². The summed E-state index contributed by atoms with van der Waals surface area (Å²) in [5, 5.41) is 13.8. The van der Waals surface area contributed by atoms with Crippen LogP contribution in [0.4, 0.5) is 0 Å². The predicted molar refractivity (Wildman–Crippen MR) is 95.4 cm³/mol. The minimum atomic E-state index is 0.128. The normalized spacial score (nSPS) is 15.7. The van der Waals surface area contributed by atoms with Crippen LogP contribution in [0.15, 0.2) is 24.3 Å². The smallest absolute Gasteiger partial charge is 0.123 e. The van der Waals surface area contributed by atoms with Gasteiger partial charge in [0.05, 0.1) is 0 Å². The monoisotopic (exact) mass is 301 g/mol. The minimum absolute atomic E-state index is 0.128. The highest BCUT2D eigenvalue weighted by Crippen LogP contribution is 2.35. The molecule has 2 nitrogen and oxygen atoms in total. The Labute approximate surface area is 135 Å². The quantitative estimate of drug-likeness (QED) is 0.693. The zero-order chi connectivity index (χ0) is 16.0. The van der Waals surface area contributed by atoms with Crippen molar-refractivity contribution in [1.29, 1.82) is 0 Å². The van der Waals surface area contributed by atoms with E-state index < -0.39 is 0 Å². The molecule has 1 aliphatic rings. The predicted octanol–water partition coefficient (Wildman–Crippen LogP) is 5.02. The minimum Gasteiger partial charge on any atom is -0.507 e. The van der Waals surface area contributed by atoms with E-state index in [2.05, 4.69) is 44.3 Å². The average Bonchev–Trinajstić information content (AvgIpc) is 2.52. The van der Waals surface area contributed by atoms with Gasteiger partial charge in [-0.25, -0.2) is 0 Å². The van der Waals surface area contributed by atoms with Gasteiger partial charge in [-0.2, -0.15) is 0 Å². The van der Waals surface area contributed by atoms with E-state index in [1.165, 1.54) is 43.2 Å². The van der Waals surface area contributed by atoms with Crippen LogP contribution in [0.1, 0.15) is 70.4 Å². The lowest BCUT2D eigenvalue weighted by atomic mass is 9.79. The molecule has 22 heavy (non-hydrogen) atoms. The van der Waals surface area contributed by atoms with Crippen LogP contribution in [0.2, 0.25) is 0 Å². The van der Waals surface area contributed by atoms with Gasteiger partial charge in [-0.05, 0) is 42.0 Å². The SMILES string of the molecule is CCCCCCC(C)(C)c1ccc(C2=CCCNC2)c(O)c1. The summed E-state index contributed by atoms with van der Waals surface area (Å²) >= 11 is 0. The lowest BCUT2D eigenvalue weighted by Crippen LogP contribution is -2.21. The van der Waals surface area contributed by atoms with Crippen molar-refractivity contribution in [3.63, 3.8) is 0 Å². The first-order valence-electron chi connectivity index (χ1n) is 8.78. The molecule has 1 aromatic carbocycles. The zero-order valence-electron chi connectivity index (χ0n) is 14.4. The van der Waals surface area contributed by atoms with Gasteiger partial charge in [0.15, 0.2) is 0 Å². The summed E-state index contributed by atoms with van der Waals surface area (Å²) in [5.74, 6) is 0.425. The molecule has 2 N–H and O–H groups in total. The standard InChI is InChI=1S/C20H31NO/c1-4-5-6-7-12-20(2,3)17-10-11-18(19(22)14-17)16-9-8-13-21-15-16/h9-11,14,21-22H,4-8,12-13,15H2,1-3H3. The maximum atomic E-state index is 10.4. The second-order valence-electron chi connectivity index (χ2n) is 7.12. The van der Waals surface area contributed by atoms with Crippen molar-refractivity contribution in [3.8, 4) is 5.75 Å². The molecule has 1 aliphatic heterocycles. The van der Waals surface area contributed by atoms with E-state index in [1.807, 2.05) is 6.07 Å². The van der Waals surface area contributed by atoms with E-state index in [0.717, 1.165) is 25.1 Å². The number of rotatable bonds is 7. The number of hydrogen-bond donors (Lipinski definition) is 2. The van der Waals surface area contributed by atoms with Gasteiger partial charge < -0.3 is 10.4 Å². The first kappa shape index (κ1) is 17.1. The van der Waals surface area contributed by atoms with Crippen molar-refractivity contribution in [3.05, 3.63) is 35.4 Å². The Balaban J connectivity index is 2.09. The van der Waals surface area contributed by atoms with Crippen LogP contribution in [0.25, 0.3) is 5.57 Å². The van der Waals surface area contributed by atoms with E-state index in [0.29, 0.717) is 5.75 Å². The average molecular weight is 301 g/mol. The number of phenols is 1. The molecule has 0 saturated carbocycles. The lowest BCUT2D eigenvalue weighted by Gasteiger charge is -2.26. The molecule has 0 radical (unpaired) electrons. The fourth-order valence-electron chi connectivity index (χ4n) is 3.21. The molecule has 0 aliphatic carbocycles. The molecule has 2 heteroatoms. The summed E-state index contributed by atoms with van der Waals surface area (Å²) in [6.45, 7) is 8.71. The highest BCUT2D eigenvalue weighted by molar-refractivity contribution is 5.72. The topological polar surface area (TPSA) is 32.3 Å². The van der Waals surface area contributed by atoms with Gasteiger partial charge in [-0.1, -0.05) is 64.7 Å². The van der Waals surface area contributed by atoms with Crippen LogP contribution in [0.5, 0.6) is 5.75 Å². The van der Waals surface area contributed by atoms with E-state index in [4.69, 9.17) is 0 Å².